The van der Waals surface area contributed by atoms with Crippen LogP contribution in [0.15, 0.2) is 18.2 Å². The number of rotatable bonds is 4. The van der Waals surface area contributed by atoms with E-state index in [2.05, 4.69) is 5.32 Å². The van der Waals surface area contributed by atoms with Gasteiger partial charge in [0.1, 0.15) is 5.82 Å². The molecule has 0 aliphatic carbocycles. The number of alkyl halides is 3. The van der Waals surface area contributed by atoms with Crippen molar-refractivity contribution >= 4 is 24.0 Å². The minimum absolute atomic E-state index is 0. The highest BCUT2D eigenvalue weighted by Crippen LogP contribution is 2.33. The molecular weight excluding hydrogens is 343 g/mol. The molecule has 1 aliphatic heterocycles. The fraction of sp³-hybridized carbons (Fsp3) is 0.571. The average Bonchev–Trinajstić information content (AvgIpc) is 2.43. The van der Waals surface area contributed by atoms with Gasteiger partial charge in [-0.05, 0) is 24.1 Å². The van der Waals surface area contributed by atoms with Crippen LogP contribution in [-0.4, -0.2) is 37.3 Å². The summed E-state index contributed by atoms with van der Waals surface area (Å²) in [5.41, 5.74) is 0.632. The van der Waals surface area contributed by atoms with E-state index in [1.807, 2.05) is 4.90 Å². The van der Waals surface area contributed by atoms with Crippen LogP contribution in [0.1, 0.15) is 24.4 Å². The van der Waals surface area contributed by atoms with Crippen molar-refractivity contribution in [2.75, 3.05) is 26.2 Å². The van der Waals surface area contributed by atoms with Crippen LogP contribution in [0.4, 0.5) is 17.6 Å². The zero-order chi connectivity index (χ0) is 15.5. The van der Waals surface area contributed by atoms with Gasteiger partial charge in [0.25, 0.3) is 0 Å². The molecule has 8 heteroatoms. The van der Waals surface area contributed by atoms with Crippen LogP contribution in [0.25, 0.3) is 0 Å². The van der Waals surface area contributed by atoms with Crippen molar-refractivity contribution in [3.05, 3.63) is 34.6 Å². The monoisotopic (exact) mass is 360 g/mol. The average molecular weight is 361 g/mol. The molecule has 1 aliphatic rings. The van der Waals surface area contributed by atoms with Crippen LogP contribution in [0.5, 0.6) is 0 Å². The number of nitrogens with one attached hydrogen (secondary N) is 1. The molecule has 1 saturated heterocycles. The van der Waals surface area contributed by atoms with E-state index in [1.54, 1.807) is 0 Å². The van der Waals surface area contributed by atoms with Gasteiger partial charge in [-0.3, -0.25) is 4.90 Å². The largest absolute Gasteiger partial charge is 0.389 e. The van der Waals surface area contributed by atoms with Crippen LogP contribution in [-0.2, 0) is 0 Å². The predicted octanol–water partition coefficient (Wildman–Crippen LogP) is 4.19. The van der Waals surface area contributed by atoms with Crippen LogP contribution in [0.2, 0.25) is 5.02 Å². The fourth-order valence-corrected chi connectivity index (χ4v) is 2.76. The maximum absolute atomic E-state index is 13.2. The Balaban J connectivity index is 0.00000242. The molecule has 1 atom stereocenters. The molecule has 1 heterocycles. The summed E-state index contributed by atoms with van der Waals surface area (Å²) in [6, 6.07) is 3.76. The Hall–Kier alpha value is -0.560. The third-order valence-corrected chi connectivity index (χ3v) is 3.91. The van der Waals surface area contributed by atoms with Crippen molar-refractivity contribution in [2.24, 2.45) is 0 Å². The standard InChI is InChI=1S/C14H17ClF4N2.ClH/c15-11-9-10(1-2-12(11)16)13(3-4-14(17,18)19)21-7-5-20-6-8-21;/h1-2,9,13,20H,3-8H2;1H/t13-;/m1./s1. The minimum atomic E-state index is -4.20. The van der Waals surface area contributed by atoms with Gasteiger partial charge < -0.3 is 5.32 Å². The maximum Gasteiger partial charge on any atom is 0.389 e. The van der Waals surface area contributed by atoms with Gasteiger partial charge in [0.2, 0.25) is 0 Å². The second kappa shape index (κ2) is 8.34. The Morgan fingerprint density at radius 3 is 2.41 bits per heavy atom. The fourth-order valence-electron chi connectivity index (χ4n) is 2.57. The maximum atomic E-state index is 13.2. The number of halogens is 6. The van der Waals surface area contributed by atoms with E-state index >= 15 is 0 Å². The van der Waals surface area contributed by atoms with Gasteiger partial charge >= 0.3 is 6.18 Å². The Bertz CT molecular complexity index is 476. The molecule has 2 rings (SSSR count). The van der Waals surface area contributed by atoms with Crippen molar-refractivity contribution in [3.8, 4) is 0 Å². The normalized spacial score (nSPS) is 17.9. The van der Waals surface area contributed by atoms with Crippen LogP contribution < -0.4 is 5.32 Å². The first kappa shape index (κ1) is 19.5. The van der Waals surface area contributed by atoms with E-state index in [1.165, 1.54) is 18.2 Å². The molecular formula is C14H18Cl2F4N2. The Morgan fingerprint density at radius 1 is 1.23 bits per heavy atom. The van der Waals surface area contributed by atoms with Crippen LogP contribution in [0.3, 0.4) is 0 Å². The topological polar surface area (TPSA) is 15.3 Å². The molecule has 126 valence electrons. The number of benzene rings is 1. The highest BCUT2D eigenvalue weighted by Gasteiger charge is 2.31. The summed E-state index contributed by atoms with van der Waals surface area (Å²) in [5, 5.41) is 3.11. The predicted molar refractivity (Wildman–Crippen MR) is 81.1 cm³/mol. The second-order valence-corrected chi connectivity index (χ2v) is 5.54. The van der Waals surface area contributed by atoms with Crippen molar-refractivity contribution in [2.45, 2.75) is 25.1 Å². The van der Waals surface area contributed by atoms with E-state index in [9.17, 15) is 17.6 Å². The molecule has 1 aromatic carbocycles. The van der Waals surface area contributed by atoms with E-state index in [-0.39, 0.29) is 23.9 Å². The molecule has 0 radical (unpaired) electrons. The van der Waals surface area contributed by atoms with Crippen molar-refractivity contribution in [3.63, 3.8) is 0 Å². The first-order valence-corrected chi connectivity index (χ1v) is 7.21. The molecule has 2 nitrogen and oxygen atoms in total. The lowest BCUT2D eigenvalue weighted by atomic mass is 9.99. The van der Waals surface area contributed by atoms with Gasteiger partial charge in [0.15, 0.2) is 0 Å². The summed E-state index contributed by atoms with van der Waals surface area (Å²) >= 11 is 5.76. The summed E-state index contributed by atoms with van der Waals surface area (Å²) in [4.78, 5) is 1.99. The van der Waals surface area contributed by atoms with Gasteiger partial charge in [0, 0.05) is 38.6 Å². The number of piperazine rings is 1. The smallest absolute Gasteiger partial charge is 0.314 e. The number of hydrogen-bond acceptors (Lipinski definition) is 2. The molecule has 22 heavy (non-hydrogen) atoms. The molecule has 0 spiro atoms. The van der Waals surface area contributed by atoms with Crippen molar-refractivity contribution in [1.29, 1.82) is 0 Å². The van der Waals surface area contributed by atoms with E-state index in [0.717, 1.165) is 13.1 Å². The number of nitrogens with zero attached hydrogens (tertiary/aromatic N) is 1. The Labute approximate surface area is 138 Å². The molecule has 1 fully saturated rings. The molecule has 0 saturated carbocycles. The Kier molecular flexibility index (Phi) is 7.38. The van der Waals surface area contributed by atoms with Gasteiger partial charge in [0.05, 0.1) is 5.02 Å². The van der Waals surface area contributed by atoms with E-state index < -0.39 is 24.5 Å². The molecule has 1 N–H and O–H groups in total. The lowest BCUT2D eigenvalue weighted by Gasteiger charge is -2.35. The van der Waals surface area contributed by atoms with E-state index in [0.29, 0.717) is 18.7 Å². The number of hydrogen-bond donors (Lipinski definition) is 1. The lowest BCUT2D eigenvalue weighted by Crippen LogP contribution is -2.45. The molecule has 0 aromatic heterocycles. The zero-order valence-electron chi connectivity index (χ0n) is 11.8. The first-order chi connectivity index (χ1) is 9.87. The van der Waals surface area contributed by atoms with Gasteiger partial charge in [-0.1, -0.05) is 17.7 Å². The molecule has 1 aromatic rings. The van der Waals surface area contributed by atoms with Crippen LogP contribution >= 0.6 is 24.0 Å². The lowest BCUT2D eigenvalue weighted by molar-refractivity contribution is -0.138. The van der Waals surface area contributed by atoms with Crippen molar-refractivity contribution < 1.29 is 17.6 Å². The van der Waals surface area contributed by atoms with Gasteiger partial charge in [-0.25, -0.2) is 4.39 Å². The minimum Gasteiger partial charge on any atom is -0.314 e. The highest BCUT2D eigenvalue weighted by atomic mass is 35.5. The molecule has 0 amide bonds. The zero-order valence-corrected chi connectivity index (χ0v) is 13.4. The summed E-state index contributed by atoms with van der Waals surface area (Å²) in [7, 11) is 0. The summed E-state index contributed by atoms with van der Waals surface area (Å²) < 4.78 is 50.8. The summed E-state index contributed by atoms with van der Waals surface area (Å²) in [6.45, 7) is 2.80. The third-order valence-electron chi connectivity index (χ3n) is 3.62. The Morgan fingerprint density at radius 2 is 1.86 bits per heavy atom. The van der Waals surface area contributed by atoms with E-state index in [4.69, 9.17) is 11.6 Å². The van der Waals surface area contributed by atoms with Gasteiger partial charge in [-0.2, -0.15) is 13.2 Å². The van der Waals surface area contributed by atoms with Crippen molar-refractivity contribution in [1.82, 2.24) is 10.2 Å². The molecule has 0 unspecified atom stereocenters. The summed E-state index contributed by atoms with van der Waals surface area (Å²) in [6.07, 6.45) is -5.11. The SMILES string of the molecule is Cl.Fc1ccc([C@@H](CCC(F)(F)F)N2CCNCC2)cc1Cl. The molecule has 0 bridgehead atoms. The first-order valence-electron chi connectivity index (χ1n) is 6.83. The van der Waals surface area contributed by atoms with Gasteiger partial charge in [-0.15, -0.1) is 12.4 Å². The third kappa shape index (κ3) is 5.57. The summed E-state index contributed by atoms with van der Waals surface area (Å²) in [5.74, 6) is -0.560. The highest BCUT2D eigenvalue weighted by molar-refractivity contribution is 6.30. The quantitative estimate of drug-likeness (QED) is 0.809. The second-order valence-electron chi connectivity index (χ2n) is 5.13. The van der Waals surface area contributed by atoms with Crippen LogP contribution in [0, 0.1) is 5.82 Å².